The normalized spacial score (nSPS) is 24.1. The lowest BCUT2D eigenvalue weighted by Gasteiger charge is -2.46. The van der Waals surface area contributed by atoms with Crippen molar-refractivity contribution in [3.8, 4) is 0 Å². The summed E-state index contributed by atoms with van der Waals surface area (Å²) in [5.74, 6) is -0.290. The zero-order chi connectivity index (χ0) is 29.7. The summed E-state index contributed by atoms with van der Waals surface area (Å²) in [4.78, 5) is 44.4. The van der Waals surface area contributed by atoms with Gasteiger partial charge in [0.2, 0.25) is 21.8 Å². The summed E-state index contributed by atoms with van der Waals surface area (Å²) in [5, 5.41) is 2.09. The summed E-state index contributed by atoms with van der Waals surface area (Å²) in [6.07, 6.45) is 0.880. The molecule has 12 heteroatoms. The van der Waals surface area contributed by atoms with Gasteiger partial charge in [0.15, 0.2) is 0 Å². The standard InChI is InChI=1S/C29H37ClN4O6S/c1-18(26(35)32-14-19-11-20(15-32)17-33(16-19)28(37)40-29(2,3)4)34-10-9-25(27(34)36)31-41(38,39)24-8-6-21-12-23(30)7-5-22(21)13-24/h5-8,12-13,18-20,25,31H,9-11,14-17H2,1-4H3/t18-,19-,20+,25-/m0/s1. The first-order valence-electron chi connectivity index (χ1n) is 14.0. The zero-order valence-electron chi connectivity index (χ0n) is 23.8. The third kappa shape index (κ3) is 6.47. The lowest BCUT2D eigenvalue weighted by Crippen LogP contribution is -2.58. The predicted octanol–water partition coefficient (Wildman–Crippen LogP) is 3.48. The average molecular weight is 605 g/mol. The first-order chi connectivity index (χ1) is 19.2. The number of amides is 3. The van der Waals surface area contributed by atoms with Crippen LogP contribution < -0.4 is 4.72 Å². The maximum Gasteiger partial charge on any atom is 0.410 e. The van der Waals surface area contributed by atoms with Crippen molar-refractivity contribution in [1.29, 1.82) is 0 Å². The lowest BCUT2D eigenvalue weighted by molar-refractivity contribution is -0.146. The molecular formula is C29H37ClN4O6S. The molecule has 10 nitrogen and oxygen atoms in total. The van der Waals surface area contributed by atoms with Crippen molar-refractivity contribution in [2.45, 2.75) is 63.1 Å². The Bertz CT molecular complexity index is 1460. The number of carbonyl (C=O) groups is 3. The third-order valence-corrected chi connectivity index (χ3v) is 9.70. The van der Waals surface area contributed by atoms with Crippen LogP contribution in [0.15, 0.2) is 41.3 Å². The van der Waals surface area contributed by atoms with Crippen LogP contribution in [0.4, 0.5) is 4.79 Å². The molecule has 0 radical (unpaired) electrons. The molecular weight excluding hydrogens is 568 g/mol. The first kappa shape index (κ1) is 29.6. The molecule has 1 N–H and O–H groups in total. The lowest BCUT2D eigenvalue weighted by atomic mass is 9.84. The fraction of sp³-hybridized carbons (Fsp3) is 0.552. The Kier molecular flexibility index (Phi) is 7.99. The number of likely N-dealkylation sites (tertiary alicyclic amines) is 3. The van der Waals surface area contributed by atoms with Gasteiger partial charge in [-0.3, -0.25) is 9.59 Å². The number of rotatable bonds is 5. The molecule has 3 aliphatic heterocycles. The Morgan fingerprint density at radius 3 is 2.27 bits per heavy atom. The number of halogens is 1. The zero-order valence-corrected chi connectivity index (χ0v) is 25.4. The molecule has 2 bridgehead atoms. The fourth-order valence-corrected chi connectivity index (χ4v) is 7.59. The van der Waals surface area contributed by atoms with E-state index >= 15 is 0 Å². The quantitative estimate of drug-likeness (QED) is 0.559. The molecule has 3 aliphatic rings. The van der Waals surface area contributed by atoms with Gasteiger partial charge in [-0.1, -0.05) is 23.7 Å². The molecule has 0 aromatic heterocycles. The Hall–Kier alpha value is -2.89. The van der Waals surface area contributed by atoms with Crippen molar-refractivity contribution in [3.63, 3.8) is 0 Å². The van der Waals surface area contributed by atoms with Crippen molar-refractivity contribution in [1.82, 2.24) is 19.4 Å². The highest BCUT2D eigenvalue weighted by Gasteiger charge is 2.43. The van der Waals surface area contributed by atoms with Crippen molar-refractivity contribution in [2.24, 2.45) is 11.8 Å². The minimum absolute atomic E-state index is 0.0583. The molecule has 3 amide bonds. The summed E-state index contributed by atoms with van der Waals surface area (Å²) in [7, 11) is -3.97. The molecule has 3 fully saturated rings. The van der Waals surface area contributed by atoms with E-state index in [-0.39, 0.29) is 41.7 Å². The molecule has 222 valence electrons. The Balaban J connectivity index is 1.20. The van der Waals surface area contributed by atoms with Gasteiger partial charge in [-0.05, 0) is 87.4 Å². The van der Waals surface area contributed by atoms with Gasteiger partial charge in [-0.2, -0.15) is 4.72 Å². The first-order valence-corrected chi connectivity index (χ1v) is 15.8. The SMILES string of the molecule is C[C@@H](C(=O)N1C[C@@H]2C[C@@H](CN(C(=O)OC(C)(C)C)C2)C1)N1CC[C@H](NS(=O)(=O)c2ccc3cc(Cl)ccc3c2)C1=O. The van der Waals surface area contributed by atoms with Crippen molar-refractivity contribution in [2.75, 3.05) is 32.7 Å². The molecule has 41 heavy (non-hydrogen) atoms. The number of ether oxygens (including phenoxy) is 1. The number of hydrogen-bond donors (Lipinski definition) is 1. The smallest absolute Gasteiger partial charge is 0.410 e. The number of nitrogens with zero attached hydrogens (tertiary/aromatic N) is 3. The van der Waals surface area contributed by atoms with E-state index in [0.29, 0.717) is 31.2 Å². The van der Waals surface area contributed by atoms with Crippen molar-refractivity contribution >= 4 is 50.3 Å². The molecule has 0 unspecified atom stereocenters. The van der Waals surface area contributed by atoms with Crippen LogP contribution in [0.2, 0.25) is 5.02 Å². The van der Waals surface area contributed by atoms with Gasteiger partial charge in [0, 0.05) is 37.7 Å². The molecule has 2 aromatic rings. The highest BCUT2D eigenvalue weighted by Crippen LogP contribution is 2.31. The van der Waals surface area contributed by atoms with Crippen LogP contribution in [0.3, 0.4) is 0 Å². The number of piperidine rings is 2. The van der Waals surface area contributed by atoms with Crippen molar-refractivity contribution in [3.05, 3.63) is 41.4 Å². The molecule has 5 rings (SSSR count). The largest absolute Gasteiger partial charge is 0.444 e. The average Bonchev–Trinajstić information content (AvgIpc) is 3.24. The maximum absolute atomic E-state index is 13.5. The van der Waals surface area contributed by atoms with Gasteiger partial charge in [-0.15, -0.1) is 0 Å². The van der Waals surface area contributed by atoms with Gasteiger partial charge in [0.1, 0.15) is 17.7 Å². The summed E-state index contributed by atoms with van der Waals surface area (Å²) < 4.78 is 34.4. The van der Waals surface area contributed by atoms with Crippen LogP contribution in [0.25, 0.3) is 10.8 Å². The van der Waals surface area contributed by atoms with E-state index in [4.69, 9.17) is 16.3 Å². The van der Waals surface area contributed by atoms with Crippen LogP contribution in [0, 0.1) is 11.8 Å². The van der Waals surface area contributed by atoms with Gasteiger partial charge in [-0.25, -0.2) is 13.2 Å². The number of fused-ring (bicyclic) bond motifs is 3. The minimum atomic E-state index is -3.97. The Morgan fingerprint density at radius 1 is 1.00 bits per heavy atom. The molecule has 0 saturated carbocycles. The fourth-order valence-electron chi connectivity index (χ4n) is 6.15. The third-order valence-electron chi connectivity index (χ3n) is 7.99. The number of nitrogens with one attached hydrogen (secondary N) is 1. The Morgan fingerprint density at radius 2 is 1.61 bits per heavy atom. The van der Waals surface area contributed by atoms with Crippen LogP contribution >= 0.6 is 11.6 Å². The molecule has 4 atom stereocenters. The van der Waals surface area contributed by atoms with Gasteiger partial charge in [0.05, 0.1) is 4.90 Å². The second-order valence-electron chi connectivity index (χ2n) is 12.4. The van der Waals surface area contributed by atoms with Crippen LogP contribution in [0.5, 0.6) is 0 Å². The van der Waals surface area contributed by atoms with Gasteiger partial charge in [0.25, 0.3) is 0 Å². The highest BCUT2D eigenvalue weighted by atomic mass is 35.5. The molecule has 0 spiro atoms. The van der Waals surface area contributed by atoms with E-state index in [0.717, 1.165) is 17.2 Å². The summed E-state index contributed by atoms with van der Waals surface area (Å²) in [5.41, 5.74) is -0.570. The number of sulfonamides is 1. The molecule has 3 saturated heterocycles. The van der Waals surface area contributed by atoms with Gasteiger partial charge >= 0.3 is 6.09 Å². The molecule has 0 aliphatic carbocycles. The van der Waals surface area contributed by atoms with E-state index < -0.39 is 33.6 Å². The van der Waals surface area contributed by atoms with E-state index in [9.17, 15) is 22.8 Å². The summed E-state index contributed by atoms with van der Waals surface area (Å²) in [6.45, 7) is 9.56. The predicted molar refractivity (Wildman–Crippen MR) is 155 cm³/mol. The number of hydrogen-bond acceptors (Lipinski definition) is 6. The van der Waals surface area contributed by atoms with E-state index in [2.05, 4.69) is 4.72 Å². The van der Waals surface area contributed by atoms with E-state index in [1.54, 1.807) is 47.1 Å². The van der Waals surface area contributed by atoms with Crippen LogP contribution in [-0.4, -0.2) is 91.4 Å². The number of benzene rings is 2. The van der Waals surface area contributed by atoms with Gasteiger partial charge < -0.3 is 19.4 Å². The summed E-state index contributed by atoms with van der Waals surface area (Å²) in [6, 6.07) is 8.25. The monoisotopic (exact) mass is 604 g/mol. The Labute approximate surface area is 246 Å². The highest BCUT2D eigenvalue weighted by molar-refractivity contribution is 7.89. The second kappa shape index (κ2) is 11.1. The maximum atomic E-state index is 13.5. The minimum Gasteiger partial charge on any atom is -0.444 e. The van der Waals surface area contributed by atoms with Crippen molar-refractivity contribution < 1.29 is 27.5 Å². The second-order valence-corrected chi connectivity index (χ2v) is 14.6. The summed E-state index contributed by atoms with van der Waals surface area (Å²) >= 11 is 6.03. The van der Waals surface area contributed by atoms with Crippen LogP contribution in [-0.2, 0) is 24.3 Å². The van der Waals surface area contributed by atoms with E-state index in [1.807, 2.05) is 20.8 Å². The molecule has 2 aromatic carbocycles. The van der Waals surface area contributed by atoms with Crippen LogP contribution in [0.1, 0.15) is 40.5 Å². The van der Waals surface area contributed by atoms with E-state index in [1.165, 1.54) is 11.0 Å². The topological polar surface area (TPSA) is 116 Å². The number of carbonyl (C=O) groups excluding carboxylic acids is 3. The molecule has 3 heterocycles.